The van der Waals surface area contributed by atoms with Crippen molar-refractivity contribution >= 4 is 9.84 Å². The maximum atomic E-state index is 11.6. The lowest BCUT2D eigenvalue weighted by Gasteiger charge is -2.05. The summed E-state index contributed by atoms with van der Waals surface area (Å²) >= 11 is 0. The molecule has 0 aliphatic carbocycles. The Morgan fingerprint density at radius 3 is 2.37 bits per heavy atom. The summed E-state index contributed by atoms with van der Waals surface area (Å²) in [6.45, 7) is 0.209. The minimum absolute atomic E-state index is 0.209. The summed E-state index contributed by atoms with van der Waals surface area (Å²) in [4.78, 5) is 1.63. The molecule has 2 aromatic heterocycles. The van der Waals surface area contributed by atoms with Crippen LogP contribution in [0, 0.1) is 0 Å². The summed E-state index contributed by atoms with van der Waals surface area (Å²) in [5, 5.41) is 24.1. The number of tetrazole rings is 2. The molecule has 136 valence electrons. The maximum Gasteiger partial charge on any atom is 0.204 e. The Balaban J connectivity index is 1.59. The molecule has 2 heterocycles. The standard InChI is InChI=1S/C16H14N8O2S/c1-27(25,26)14-9-7-13(8-10-14)24-15(17-20-22-24)11-23-19-16(18-21-23)12-5-3-2-4-6-12/h2-10H,11H2,1H3. The van der Waals surface area contributed by atoms with E-state index in [0.29, 0.717) is 17.3 Å². The van der Waals surface area contributed by atoms with Gasteiger partial charge in [-0.15, -0.1) is 15.3 Å². The van der Waals surface area contributed by atoms with Crippen LogP contribution in [0.2, 0.25) is 0 Å². The molecule has 0 fully saturated rings. The molecule has 0 amide bonds. The van der Waals surface area contributed by atoms with Crippen LogP contribution in [0.15, 0.2) is 59.5 Å². The first-order valence-electron chi connectivity index (χ1n) is 7.92. The van der Waals surface area contributed by atoms with Crippen molar-refractivity contribution in [1.82, 2.24) is 40.4 Å². The van der Waals surface area contributed by atoms with E-state index in [9.17, 15) is 8.42 Å². The van der Waals surface area contributed by atoms with Crippen molar-refractivity contribution in [3.63, 3.8) is 0 Å². The fraction of sp³-hybridized carbons (Fsp3) is 0.125. The van der Waals surface area contributed by atoms with E-state index in [1.54, 1.807) is 12.1 Å². The first kappa shape index (κ1) is 17.0. The van der Waals surface area contributed by atoms with Crippen molar-refractivity contribution < 1.29 is 8.42 Å². The monoisotopic (exact) mass is 382 g/mol. The fourth-order valence-corrected chi connectivity index (χ4v) is 3.11. The third-order valence-electron chi connectivity index (χ3n) is 3.81. The zero-order valence-corrected chi connectivity index (χ0v) is 15.0. The Kier molecular flexibility index (Phi) is 4.20. The Bertz CT molecular complexity index is 1170. The molecule has 4 aromatic rings. The maximum absolute atomic E-state index is 11.6. The zero-order chi connectivity index (χ0) is 18.9. The summed E-state index contributed by atoms with van der Waals surface area (Å²) in [6.07, 6.45) is 1.16. The zero-order valence-electron chi connectivity index (χ0n) is 14.2. The van der Waals surface area contributed by atoms with E-state index in [1.165, 1.54) is 21.6 Å². The van der Waals surface area contributed by atoms with Crippen LogP contribution in [0.3, 0.4) is 0 Å². The normalized spacial score (nSPS) is 11.6. The van der Waals surface area contributed by atoms with Gasteiger partial charge in [0.05, 0.1) is 10.6 Å². The molecule has 0 saturated heterocycles. The Labute approximate surface area is 154 Å². The first-order valence-corrected chi connectivity index (χ1v) is 9.81. The highest BCUT2D eigenvalue weighted by molar-refractivity contribution is 7.90. The highest BCUT2D eigenvalue weighted by Crippen LogP contribution is 2.15. The van der Waals surface area contributed by atoms with Crippen LogP contribution in [0.25, 0.3) is 17.1 Å². The van der Waals surface area contributed by atoms with Crippen molar-refractivity contribution in [1.29, 1.82) is 0 Å². The van der Waals surface area contributed by atoms with Crippen molar-refractivity contribution in [3.8, 4) is 17.1 Å². The molecule has 0 aliphatic rings. The predicted octanol–water partition coefficient (Wildman–Crippen LogP) is 0.768. The number of aromatic nitrogens is 8. The van der Waals surface area contributed by atoms with Crippen LogP contribution in [0.5, 0.6) is 0 Å². The summed E-state index contributed by atoms with van der Waals surface area (Å²) in [5.74, 6) is 0.992. The van der Waals surface area contributed by atoms with Gasteiger partial charge >= 0.3 is 0 Å². The number of rotatable bonds is 5. The van der Waals surface area contributed by atoms with E-state index >= 15 is 0 Å². The van der Waals surface area contributed by atoms with E-state index in [2.05, 4.69) is 30.9 Å². The molecule has 11 heteroatoms. The van der Waals surface area contributed by atoms with Gasteiger partial charge in [0.1, 0.15) is 6.54 Å². The lowest BCUT2D eigenvalue weighted by Crippen LogP contribution is -2.11. The molecule has 0 atom stereocenters. The highest BCUT2D eigenvalue weighted by Gasteiger charge is 2.13. The number of nitrogens with zero attached hydrogens (tertiary/aromatic N) is 8. The molecule has 0 radical (unpaired) electrons. The second-order valence-corrected chi connectivity index (χ2v) is 7.80. The quantitative estimate of drug-likeness (QED) is 0.496. The largest absolute Gasteiger partial charge is 0.224 e. The van der Waals surface area contributed by atoms with Gasteiger partial charge in [0.25, 0.3) is 0 Å². The fourth-order valence-electron chi connectivity index (χ4n) is 2.48. The smallest absolute Gasteiger partial charge is 0.204 e. The van der Waals surface area contributed by atoms with Crippen molar-refractivity contribution in [2.75, 3.05) is 6.26 Å². The first-order chi connectivity index (χ1) is 13.0. The number of hydrogen-bond acceptors (Lipinski definition) is 8. The van der Waals surface area contributed by atoms with Gasteiger partial charge in [0, 0.05) is 11.8 Å². The molecule has 0 N–H and O–H groups in total. The molecule has 0 spiro atoms. The SMILES string of the molecule is CS(=O)(=O)c1ccc(-n2nnnc2Cn2nnc(-c3ccccc3)n2)cc1. The Hall–Kier alpha value is -3.47. The topological polar surface area (TPSA) is 121 Å². The van der Waals surface area contributed by atoms with Crippen molar-refractivity contribution in [3.05, 3.63) is 60.4 Å². The minimum atomic E-state index is -3.26. The third kappa shape index (κ3) is 3.58. The molecular weight excluding hydrogens is 368 g/mol. The molecule has 27 heavy (non-hydrogen) atoms. The molecule has 10 nitrogen and oxygen atoms in total. The summed E-state index contributed by atoms with van der Waals surface area (Å²) in [7, 11) is -3.26. The van der Waals surface area contributed by atoms with E-state index in [-0.39, 0.29) is 11.4 Å². The number of hydrogen-bond donors (Lipinski definition) is 0. The third-order valence-corrected chi connectivity index (χ3v) is 4.94. The van der Waals surface area contributed by atoms with Gasteiger partial charge < -0.3 is 0 Å². The van der Waals surface area contributed by atoms with Gasteiger partial charge in [0.15, 0.2) is 15.7 Å². The van der Waals surface area contributed by atoms with Crippen LogP contribution in [0.4, 0.5) is 0 Å². The summed E-state index contributed by atoms with van der Waals surface area (Å²) in [6, 6.07) is 15.8. The van der Waals surface area contributed by atoms with Crippen LogP contribution in [-0.2, 0) is 16.4 Å². The molecule has 2 aromatic carbocycles. The van der Waals surface area contributed by atoms with Crippen LogP contribution in [0.1, 0.15) is 5.82 Å². The number of benzene rings is 2. The van der Waals surface area contributed by atoms with Crippen molar-refractivity contribution in [2.24, 2.45) is 0 Å². The van der Waals surface area contributed by atoms with E-state index in [4.69, 9.17) is 0 Å². The van der Waals surface area contributed by atoms with Gasteiger partial charge in [-0.25, -0.2) is 8.42 Å². The molecule has 0 unspecified atom stereocenters. The van der Waals surface area contributed by atoms with Crippen LogP contribution < -0.4 is 0 Å². The van der Waals surface area contributed by atoms with Gasteiger partial charge in [-0.2, -0.15) is 9.48 Å². The lowest BCUT2D eigenvalue weighted by atomic mass is 10.2. The highest BCUT2D eigenvalue weighted by atomic mass is 32.2. The molecule has 0 saturated carbocycles. The van der Waals surface area contributed by atoms with Gasteiger partial charge in [-0.05, 0) is 39.9 Å². The Morgan fingerprint density at radius 1 is 0.926 bits per heavy atom. The van der Waals surface area contributed by atoms with Crippen LogP contribution in [-0.4, -0.2) is 55.1 Å². The van der Waals surface area contributed by atoms with E-state index in [1.807, 2.05) is 30.3 Å². The molecule has 0 aliphatic heterocycles. The van der Waals surface area contributed by atoms with Gasteiger partial charge in [-0.1, -0.05) is 30.3 Å². The van der Waals surface area contributed by atoms with Crippen LogP contribution >= 0.6 is 0 Å². The average Bonchev–Trinajstić information content (AvgIpc) is 3.32. The number of sulfone groups is 1. The summed E-state index contributed by atoms with van der Waals surface area (Å²) in [5.41, 5.74) is 1.49. The van der Waals surface area contributed by atoms with Gasteiger partial charge in [-0.3, -0.25) is 0 Å². The molecule has 4 rings (SSSR count). The van der Waals surface area contributed by atoms with E-state index in [0.717, 1.165) is 11.8 Å². The van der Waals surface area contributed by atoms with Gasteiger partial charge in [0.2, 0.25) is 5.82 Å². The molecular formula is C16H14N8O2S. The minimum Gasteiger partial charge on any atom is -0.224 e. The van der Waals surface area contributed by atoms with E-state index < -0.39 is 9.84 Å². The molecule has 0 bridgehead atoms. The summed E-state index contributed by atoms with van der Waals surface area (Å²) < 4.78 is 24.7. The van der Waals surface area contributed by atoms with Crippen molar-refractivity contribution in [2.45, 2.75) is 11.4 Å². The Morgan fingerprint density at radius 2 is 1.67 bits per heavy atom. The second kappa shape index (κ2) is 6.68. The lowest BCUT2D eigenvalue weighted by molar-refractivity contribution is 0.545. The second-order valence-electron chi connectivity index (χ2n) is 5.78. The average molecular weight is 382 g/mol. The predicted molar refractivity (Wildman–Crippen MR) is 94.6 cm³/mol.